The van der Waals surface area contributed by atoms with E-state index in [4.69, 9.17) is 0 Å². The molecular weight excluding hydrogens is 403 g/mol. The van der Waals surface area contributed by atoms with E-state index < -0.39 is 0 Å². The molecule has 1 saturated heterocycles. The zero-order valence-corrected chi connectivity index (χ0v) is 16.2. The number of nitrogens with zero attached hydrogens (tertiary/aromatic N) is 2. The molecule has 1 aliphatic heterocycles. The molecule has 0 spiro atoms. The summed E-state index contributed by atoms with van der Waals surface area (Å²) in [6.45, 7) is 6.12. The monoisotopic (exact) mass is 426 g/mol. The highest BCUT2D eigenvalue weighted by atomic mass is 127. The predicted molar refractivity (Wildman–Crippen MR) is 101 cm³/mol. The molecular formula is C13H23IN4S2. The molecule has 2 heterocycles. The number of aromatic nitrogens is 1. The Bertz CT molecular complexity index is 441. The maximum Gasteiger partial charge on any atom is 0.191 e. The summed E-state index contributed by atoms with van der Waals surface area (Å²) in [6, 6.07) is 0. The smallest absolute Gasteiger partial charge is 0.191 e. The van der Waals surface area contributed by atoms with Crippen molar-refractivity contribution < 1.29 is 0 Å². The fraction of sp³-hybridized carbons (Fsp3) is 0.692. The van der Waals surface area contributed by atoms with Crippen LogP contribution in [0.5, 0.6) is 0 Å². The zero-order valence-electron chi connectivity index (χ0n) is 12.2. The van der Waals surface area contributed by atoms with Crippen molar-refractivity contribution in [1.82, 2.24) is 15.6 Å². The number of nitrogens with one attached hydrogen (secondary N) is 2. The summed E-state index contributed by atoms with van der Waals surface area (Å²) in [6.07, 6.45) is 4.54. The molecule has 0 amide bonds. The van der Waals surface area contributed by atoms with Crippen LogP contribution in [0.1, 0.15) is 29.7 Å². The van der Waals surface area contributed by atoms with Gasteiger partial charge in [0, 0.05) is 29.4 Å². The van der Waals surface area contributed by atoms with Gasteiger partial charge >= 0.3 is 0 Å². The standard InChI is InChI=1S/C13H22N4S2.HI/c1-10-15-7-11(19-10)8-16-12(14-3)17-9-13(2)5-4-6-18-13;/h7H,4-6,8-9H2,1-3H3,(H2,14,16,17);1H. The predicted octanol–water partition coefficient (Wildman–Crippen LogP) is 3.02. The van der Waals surface area contributed by atoms with E-state index in [9.17, 15) is 0 Å². The number of aryl methyl sites for hydroxylation is 1. The van der Waals surface area contributed by atoms with Gasteiger partial charge < -0.3 is 10.6 Å². The van der Waals surface area contributed by atoms with Gasteiger partial charge in [0.05, 0.1) is 11.6 Å². The van der Waals surface area contributed by atoms with Gasteiger partial charge in [0.1, 0.15) is 0 Å². The highest BCUT2D eigenvalue weighted by Gasteiger charge is 2.29. The van der Waals surface area contributed by atoms with Crippen molar-refractivity contribution in [2.45, 2.75) is 38.0 Å². The first-order chi connectivity index (χ1) is 9.11. The summed E-state index contributed by atoms with van der Waals surface area (Å²) < 4.78 is 0.360. The number of hydrogen-bond donors (Lipinski definition) is 2. The third-order valence-corrected chi connectivity index (χ3v) is 5.70. The van der Waals surface area contributed by atoms with Crippen LogP contribution in [0.3, 0.4) is 0 Å². The summed E-state index contributed by atoms with van der Waals surface area (Å²) in [5.41, 5.74) is 0. The van der Waals surface area contributed by atoms with Gasteiger partial charge in [0.15, 0.2) is 5.96 Å². The van der Waals surface area contributed by atoms with Crippen molar-refractivity contribution in [3.63, 3.8) is 0 Å². The first-order valence-electron chi connectivity index (χ1n) is 6.61. The van der Waals surface area contributed by atoms with E-state index in [-0.39, 0.29) is 24.0 Å². The molecule has 20 heavy (non-hydrogen) atoms. The minimum absolute atomic E-state index is 0. The van der Waals surface area contributed by atoms with E-state index in [0.29, 0.717) is 4.75 Å². The second-order valence-electron chi connectivity index (χ2n) is 5.03. The van der Waals surface area contributed by atoms with Gasteiger partial charge in [-0.25, -0.2) is 4.98 Å². The average Bonchev–Trinajstić information content (AvgIpc) is 2.99. The highest BCUT2D eigenvalue weighted by Crippen LogP contribution is 2.36. The number of thioether (sulfide) groups is 1. The Balaban J connectivity index is 0.00000200. The third kappa shape index (κ3) is 5.40. The summed E-state index contributed by atoms with van der Waals surface area (Å²) in [5, 5.41) is 7.88. The van der Waals surface area contributed by atoms with Gasteiger partial charge in [-0.1, -0.05) is 0 Å². The summed E-state index contributed by atoms with van der Waals surface area (Å²) in [7, 11) is 1.82. The van der Waals surface area contributed by atoms with Crippen LogP contribution in [0.4, 0.5) is 0 Å². The lowest BCUT2D eigenvalue weighted by molar-refractivity contribution is 0.585. The first kappa shape index (κ1) is 18.0. The lowest BCUT2D eigenvalue weighted by Gasteiger charge is -2.24. The van der Waals surface area contributed by atoms with Crippen LogP contribution in [-0.2, 0) is 6.54 Å². The summed E-state index contributed by atoms with van der Waals surface area (Å²) >= 11 is 3.78. The first-order valence-corrected chi connectivity index (χ1v) is 8.41. The van der Waals surface area contributed by atoms with Crippen LogP contribution in [0.2, 0.25) is 0 Å². The molecule has 1 unspecified atom stereocenters. The van der Waals surface area contributed by atoms with E-state index >= 15 is 0 Å². The molecule has 7 heteroatoms. The molecule has 0 bridgehead atoms. The Morgan fingerprint density at radius 2 is 2.30 bits per heavy atom. The molecule has 1 aliphatic rings. The van der Waals surface area contributed by atoms with Gasteiger partial charge in [0.25, 0.3) is 0 Å². The largest absolute Gasteiger partial charge is 0.355 e. The average molecular weight is 426 g/mol. The molecule has 1 aromatic rings. The van der Waals surface area contributed by atoms with Crippen molar-refractivity contribution in [2.24, 2.45) is 4.99 Å². The second kappa shape index (κ2) is 8.43. The number of aliphatic imine (C=N–C) groups is 1. The van der Waals surface area contributed by atoms with Crippen LogP contribution < -0.4 is 10.6 Å². The van der Waals surface area contributed by atoms with Crippen molar-refractivity contribution in [2.75, 3.05) is 19.3 Å². The molecule has 4 nitrogen and oxygen atoms in total. The minimum Gasteiger partial charge on any atom is -0.355 e. The Hall–Kier alpha value is -0.0200. The Kier molecular flexibility index (Phi) is 7.60. The number of rotatable bonds is 4. The molecule has 2 rings (SSSR count). The van der Waals surface area contributed by atoms with Crippen molar-refractivity contribution in [3.05, 3.63) is 16.1 Å². The van der Waals surface area contributed by atoms with Gasteiger partial charge in [-0.2, -0.15) is 11.8 Å². The Morgan fingerprint density at radius 3 is 2.85 bits per heavy atom. The molecule has 0 aliphatic carbocycles. The van der Waals surface area contributed by atoms with Crippen LogP contribution in [-0.4, -0.2) is 35.0 Å². The quantitative estimate of drug-likeness (QED) is 0.442. The molecule has 0 radical (unpaired) electrons. The topological polar surface area (TPSA) is 49.3 Å². The van der Waals surface area contributed by atoms with Crippen molar-refractivity contribution in [3.8, 4) is 0 Å². The van der Waals surface area contributed by atoms with Crippen LogP contribution in [0, 0.1) is 6.92 Å². The van der Waals surface area contributed by atoms with Crippen LogP contribution >= 0.6 is 47.1 Å². The summed E-state index contributed by atoms with van der Waals surface area (Å²) in [4.78, 5) is 9.76. The third-order valence-electron chi connectivity index (χ3n) is 3.25. The maximum absolute atomic E-state index is 4.27. The summed E-state index contributed by atoms with van der Waals surface area (Å²) in [5.74, 6) is 2.16. The van der Waals surface area contributed by atoms with E-state index in [1.807, 2.05) is 20.2 Å². The second-order valence-corrected chi connectivity index (χ2v) is 8.03. The molecule has 2 N–H and O–H groups in total. The Labute approximate surface area is 146 Å². The van der Waals surface area contributed by atoms with Gasteiger partial charge in [-0.15, -0.1) is 35.3 Å². The number of guanidine groups is 1. The molecule has 1 fully saturated rings. The van der Waals surface area contributed by atoms with E-state index in [0.717, 1.165) is 24.1 Å². The number of hydrogen-bond acceptors (Lipinski definition) is 4. The van der Waals surface area contributed by atoms with E-state index in [1.54, 1.807) is 11.3 Å². The molecule has 0 saturated carbocycles. The number of halogens is 1. The van der Waals surface area contributed by atoms with Gasteiger partial charge in [-0.05, 0) is 32.4 Å². The van der Waals surface area contributed by atoms with Crippen LogP contribution in [0.15, 0.2) is 11.2 Å². The SMILES string of the molecule is CN=C(NCc1cnc(C)s1)NCC1(C)CCCS1.I. The van der Waals surface area contributed by atoms with Gasteiger partial charge in [-0.3, -0.25) is 4.99 Å². The number of thiazole rings is 1. The fourth-order valence-electron chi connectivity index (χ4n) is 2.13. The molecule has 114 valence electrons. The molecule has 0 aromatic carbocycles. The fourth-order valence-corrected chi connectivity index (χ4v) is 4.10. The molecule has 1 aromatic heterocycles. The lowest BCUT2D eigenvalue weighted by Crippen LogP contribution is -2.43. The normalized spacial score (nSPS) is 22.4. The van der Waals surface area contributed by atoms with Gasteiger partial charge in [0.2, 0.25) is 0 Å². The van der Waals surface area contributed by atoms with Crippen LogP contribution in [0.25, 0.3) is 0 Å². The zero-order chi connectivity index (χ0) is 13.7. The van der Waals surface area contributed by atoms with Crippen molar-refractivity contribution in [1.29, 1.82) is 0 Å². The minimum atomic E-state index is 0. The van der Waals surface area contributed by atoms with E-state index in [1.165, 1.54) is 23.5 Å². The molecule has 1 atom stereocenters. The highest BCUT2D eigenvalue weighted by molar-refractivity contribution is 14.0. The van der Waals surface area contributed by atoms with Crippen molar-refractivity contribution >= 4 is 53.0 Å². The maximum atomic E-state index is 4.27. The lowest BCUT2D eigenvalue weighted by atomic mass is 10.1. The Morgan fingerprint density at radius 1 is 1.50 bits per heavy atom. The van der Waals surface area contributed by atoms with E-state index in [2.05, 4.69) is 39.3 Å².